The van der Waals surface area contributed by atoms with Crippen LogP contribution in [0.5, 0.6) is 0 Å². The molecule has 0 aromatic heterocycles. The Morgan fingerprint density at radius 1 is 1.22 bits per heavy atom. The number of hydrogen-bond acceptors (Lipinski definition) is 4. The SMILES string of the molecule is C[C@@H](OC(=O)c1ccc(Cl)cc1N)C(=O)Nc1ccc(F)cc1. The van der Waals surface area contributed by atoms with Gasteiger partial charge >= 0.3 is 5.97 Å². The van der Waals surface area contributed by atoms with Crippen LogP contribution in [0.2, 0.25) is 5.02 Å². The lowest BCUT2D eigenvalue weighted by molar-refractivity contribution is -0.123. The highest BCUT2D eigenvalue weighted by molar-refractivity contribution is 6.31. The molecule has 2 rings (SSSR count). The molecule has 0 saturated carbocycles. The van der Waals surface area contributed by atoms with Gasteiger partial charge in [0.25, 0.3) is 5.91 Å². The van der Waals surface area contributed by atoms with Crippen LogP contribution in [-0.2, 0) is 9.53 Å². The average molecular weight is 337 g/mol. The lowest BCUT2D eigenvalue weighted by Crippen LogP contribution is -2.30. The zero-order valence-corrected chi connectivity index (χ0v) is 12.9. The molecule has 0 aliphatic rings. The maximum Gasteiger partial charge on any atom is 0.341 e. The molecule has 120 valence electrons. The van der Waals surface area contributed by atoms with E-state index < -0.39 is 23.8 Å². The molecule has 2 aromatic carbocycles. The smallest absolute Gasteiger partial charge is 0.341 e. The lowest BCUT2D eigenvalue weighted by atomic mass is 10.2. The fourth-order valence-corrected chi connectivity index (χ4v) is 1.95. The van der Waals surface area contributed by atoms with Gasteiger partial charge in [-0.15, -0.1) is 0 Å². The maximum absolute atomic E-state index is 12.8. The Morgan fingerprint density at radius 2 is 1.87 bits per heavy atom. The van der Waals surface area contributed by atoms with Crippen molar-refractivity contribution in [2.24, 2.45) is 0 Å². The molecule has 0 saturated heterocycles. The molecule has 0 unspecified atom stereocenters. The van der Waals surface area contributed by atoms with E-state index in [4.69, 9.17) is 22.1 Å². The second-order valence-corrected chi connectivity index (χ2v) is 5.21. The molecule has 0 aliphatic heterocycles. The summed E-state index contributed by atoms with van der Waals surface area (Å²) < 4.78 is 17.9. The number of ether oxygens (including phenoxy) is 1. The highest BCUT2D eigenvalue weighted by Crippen LogP contribution is 2.19. The Kier molecular flexibility index (Phi) is 5.18. The first kappa shape index (κ1) is 16.8. The number of rotatable bonds is 4. The Morgan fingerprint density at radius 3 is 2.48 bits per heavy atom. The highest BCUT2D eigenvalue weighted by atomic mass is 35.5. The van der Waals surface area contributed by atoms with Crippen LogP contribution < -0.4 is 11.1 Å². The summed E-state index contributed by atoms with van der Waals surface area (Å²) in [6.45, 7) is 1.42. The van der Waals surface area contributed by atoms with Gasteiger partial charge < -0.3 is 15.8 Å². The number of esters is 1. The monoisotopic (exact) mass is 336 g/mol. The van der Waals surface area contributed by atoms with Crippen molar-refractivity contribution in [2.45, 2.75) is 13.0 Å². The summed E-state index contributed by atoms with van der Waals surface area (Å²) in [6, 6.07) is 9.56. The Balaban J connectivity index is 2.00. The van der Waals surface area contributed by atoms with Crippen LogP contribution in [0.1, 0.15) is 17.3 Å². The third-order valence-corrected chi connectivity index (χ3v) is 3.23. The summed E-state index contributed by atoms with van der Waals surface area (Å²) in [6.07, 6.45) is -1.05. The molecule has 0 fully saturated rings. The summed E-state index contributed by atoms with van der Waals surface area (Å²) >= 11 is 5.76. The molecule has 2 aromatic rings. The van der Waals surface area contributed by atoms with Crippen LogP contribution in [0.3, 0.4) is 0 Å². The zero-order chi connectivity index (χ0) is 17.0. The Labute approximate surface area is 137 Å². The normalized spacial score (nSPS) is 11.6. The number of amides is 1. The van der Waals surface area contributed by atoms with Crippen molar-refractivity contribution < 1.29 is 18.7 Å². The first-order valence-corrected chi connectivity index (χ1v) is 7.07. The third kappa shape index (κ3) is 4.43. The number of nitrogens with one attached hydrogen (secondary N) is 1. The van der Waals surface area contributed by atoms with Crippen molar-refractivity contribution >= 4 is 34.9 Å². The van der Waals surface area contributed by atoms with Gasteiger partial charge in [0, 0.05) is 16.4 Å². The van der Waals surface area contributed by atoms with Crippen molar-refractivity contribution in [1.82, 2.24) is 0 Å². The fourth-order valence-electron chi connectivity index (χ4n) is 1.77. The first-order valence-electron chi connectivity index (χ1n) is 6.69. The van der Waals surface area contributed by atoms with Gasteiger partial charge in [0.2, 0.25) is 0 Å². The second-order valence-electron chi connectivity index (χ2n) is 4.78. The van der Waals surface area contributed by atoms with E-state index in [9.17, 15) is 14.0 Å². The minimum Gasteiger partial charge on any atom is -0.449 e. The van der Waals surface area contributed by atoms with Gasteiger partial charge in [-0.1, -0.05) is 11.6 Å². The van der Waals surface area contributed by atoms with Crippen molar-refractivity contribution in [1.29, 1.82) is 0 Å². The van der Waals surface area contributed by atoms with E-state index >= 15 is 0 Å². The van der Waals surface area contributed by atoms with Crippen molar-refractivity contribution in [2.75, 3.05) is 11.1 Å². The number of halogens is 2. The van der Waals surface area contributed by atoms with Crippen LogP contribution in [0.4, 0.5) is 15.8 Å². The van der Waals surface area contributed by atoms with Gasteiger partial charge in [-0.25, -0.2) is 9.18 Å². The van der Waals surface area contributed by atoms with Crippen LogP contribution in [0.25, 0.3) is 0 Å². The molecule has 0 heterocycles. The van der Waals surface area contributed by atoms with Crippen LogP contribution in [-0.4, -0.2) is 18.0 Å². The minimum absolute atomic E-state index is 0.121. The quantitative estimate of drug-likeness (QED) is 0.663. The van der Waals surface area contributed by atoms with Gasteiger partial charge in [0.15, 0.2) is 6.10 Å². The zero-order valence-electron chi connectivity index (χ0n) is 12.2. The van der Waals surface area contributed by atoms with Gasteiger partial charge in [-0.3, -0.25) is 4.79 Å². The number of benzene rings is 2. The molecule has 0 radical (unpaired) electrons. The number of carbonyl (C=O) groups excluding carboxylic acids is 2. The molecule has 3 N–H and O–H groups in total. The van der Waals surface area contributed by atoms with Crippen LogP contribution >= 0.6 is 11.6 Å². The first-order chi connectivity index (χ1) is 10.9. The topological polar surface area (TPSA) is 81.4 Å². The molecular formula is C16H14ClFN2O3. The van der Waals surface area contributed by atoms with Gasteiger partial charge in [0.1, 0.15) is 5.82 Å². The standard InChI is InChI=1S/C16H14ClFN2O3/c1-9(15(21)20-12-5-3-11(18)4-6-12)23-16(22)13-7-2-10(17)8-14(13)19/h2-9H,19H2,1H3,(H,20,21)/t9-/m1/s1. The molecular weight excluding hydrogens is 323 g/mol. The van der Waals surface area contributed by atoms with Crippen LogP contribution in [0, 0.1) is 5.82 Å². The van der Waals surface area contributed by atoms with Crippen molar-refractivity contribution in [3.63, 3.8) is 0 Å². The molecule has 0 aliphatic carbocycles. The largest absolute Gasteiger partial charge is 0.449 e. The molecule has 0 spiro atoms. The summed E-state index contributed by atoms with van der Waals surface area (Å²) in [5.41, 5.74) is 6.37. The van der Waals surface area contributed by atoms with Gasteiger partial charge in [-0.05, 0) is 49.4 Å². The number of hydrogen-bond donors (Lipinski definition) is 2. The van der Waals surface area contributed by atoms with Gasteiger partial charge in [0.05, 0.1) is 5.56 Å². The summed E-state index contributed by atoms with van der Waals surface area (Å²) in [4.78, 5) is 24.0. The van der Waals surface area contributed by atoms with E-state index in [1.807, 2.05) is 0 Å². The van der Waals surface area contributed by atoms with E-state index in [1.54, 1.807) is 0 Å². The summed E-state index contributed by atoms with van der Waals surface area (Å²) in [7, 11) is 0. The van der Waals surface area contributed by atoms with Gasteiger partial charge in [-0.2, -0.15) is 0 Å². The molecule has 7 heteroatoms. The van der Waals surface area contributed by atoms with Crippen molar-refractivity contribution in [3.05, 3.63) is 58.9 Å². The molecule has 23 heavy (non-hydrogen) atoms. The fraction of sp³-hybridized carbons (Fsp3) is 0.125. The Hall–Kier alpha value is -2.60. The minimum atomic E-state index is -1.05. The highest BCUT2D eigenvalue weighted by Gasteiger charge is 2.20. The molecule has 5 nitrogen and oxygen atoms in total. The number of anilines is 2. The number of carbonyl (C=O) groups is 2. The average Bonchev–Trinajstić information content (AvgIpc) is 2.49. The molecule has 1 amide bonds. The molecule has 1 atom stereocenters. The third-order valence-electron chi connectivity index (χ3n) is 3.00. The summed E-state index contributed by atoms with van der Waals surface area (Å²) in [5, 5.41) is 2.90. The maximum atomic E-state index is 12.8. The van der Waals surface area contributed by atoms with Crippen LogP contribution in [0.15, 0.2) is 42.5 Å². The van der Waals surface area contributed by atoms with E-state index in [2.05, 4.69) is 5.32 Å². The van der Waals surface area contributed by atoms with E-state index in [-0.39, 0.29) is 11.3 Å². The second kappa shape index (κ2) is 7.11. The number of nitrogens with two attached hydrogens (primary N) is 1. The lowest BCUT2D eigenvalue weighted by Gasteiger charge is -2.14. The number of nitrogen functional groups attached to an aromatic ring is 1. The summed E-state index contributed by atoms with van der Waals surface area (Å²) in [5.74, 6) is -1.70. The van der Waals surface area contributed by atoms with E-state index in [0.29, 0.717) is 10.7 Å². The van der Waals surface area contributed by atoms with E-state index in [1.165, 1.54) is 49.4 Å². The predicted octanol–water partition coefficient (Wildman–Crippen LogP) is 3.25. The van der Waals surface area contributed by atoms with Crippen molar-refractivity contribution in [3.8, 4) is 0 Å². The van der Waals surface area contributed by atoms with E-state index in [0.717, 1.165) is 0 Å². The Bertz CT molecular complexity index is 735. The predicted molar refractivity (Wildman–Crippen MR) is 85.8 cm³/mol. The molecule has 0 bridgehead atoms.